The smallest absolute Gasteiger partial charge is 0.238 e. The van der Waals surface area contributed by atoms with Crippen molar-refractivity contribution in [1.82, 2.24) is 9.62 Å². The molecule has 0 spiro atoms. The van der Waals surface area contributed by atoms with Crippen LogP contribution in [-0.4, -0.2) is 50.1 Å². The van der Waals surface area contributed by atoms with Gasteiger partial charge in [0.1, 0.15) is 17.9 Å². The van der Waals surface area contributed by atoms with Crippen LogP contribution in [0.15, 0.2) is 24.3 Å². The monoisotopic (exact) mass is 338 g/mol. The Bertz CT molecular complexity index is 664. The van der Waals surface area contributed by atoms with E-state index >= 15 is 0 Å². The average molecular weight is 338 g/mol. The molecule has 0 bridgehead atoms. The lowest BCUT2D eigenvalue weighted by Gasteiger charge is -2.32. The van der Waals surface area contributed by atoms with Crippen LogP contribution in [0.2, 0.25) is 0 Å². The number of ether oxygens (including phenoxy) is 1. The van der Waals surface area contributed by atoms with Gasteiger partial charge in [0.15, 0.2) is 0 Å². The molecule has 0 aliphatic carbocycles. The lowest BCUT2D eigenvalue weighted by molar-refractivity contribution is -0.126. The highest BCUT2D eigenvalue weighted by atomic mass is 32.2. The number of rotatable bonds is 4. The zero-order valence-electron chi connectivity index (χ0n) is 13.2. The van der Waals surface area contributed by atoms with Gasteiger partial charge in [0.05, 0.1) is 12.8 Å². The third-order valence-corrected chi connectivity index (χ3v) is 5.69. The number of nitrogens with zero attached hydrogens (tertiary/aromatic N) is 1. The third-order valence-electron chi connectivity index (χ3n) is 4.40. The summed E-state index contributed by atoms with van der Waals surface area (Å²) in [5.41, 5.74) is 1.14. The van der Waals surface area contributed by atoms with Gasteiger partial charge >= 0.3 is 0 Å². The maximum Gasteiger partial charge on any atom is 0.238 e. The summed E-state index contributed by atoms with van der Waals surface area (Å²) in [5, 5.41) is 2.86. The molecule has 1 fully saturated rings. The van der Waals surface area contributed by atoms with Crippen LogP contribution in [0.1, 0.15) is 24.8 Å². The Balaban J connectivity index is 1.57. The highest BCUT2D eigenvalue weighted by Crippen LogP contribution is 2.28. The number of carbonyl (C=O) groups is 1. The van der Waals surface area contributed by atoms with E-state index in [1.54, 1.807) is 0 Å². The van der Waals surface area contributed by atoms with Crippen molar-refractivity contribution in [1.29, 1.82) is 0 Å². The summed E-state index contributed by atoms with van der Waals surface area (Å²) in [6, 6.07) is 7.23. The average Bonchev–Trinajstić information content (AvgIpc) is 2.94. The van der Waals surface area contributed by atoms with E-state index in [0.29, 0.717) is 19.5 Å². The van der Waals surface area contributed by atoms with Crippen LogP contribution in [0.5, 0.6) is 5.75 Å². The van der Waals surface area contributed by atoms with Gasteiger partial charge in [-0.25, -0.2) is 8.42 Å². The number of para-hydroxylation sites is 1. The van der Waals surface area contributed by atoms with Gasteiger partial charge in [0.25, 0.3) is 0 Å². The molecule has 1 aromatic rings. The van der Waals surface area contributed by atoms with E-state index < -0.39 is 16.1 Å². The zero-order chi connectivity index (χ0) is 16.4. The van der Waals surface area contributed by atoms with Gasteiger partial charge in [-0.05, 0) is 24.5 Å². The van der Waals surface area contributed by atoms with Crippen LogP contribution in [0.3, 0.4) is 0 Å². The highest BCUT2D eigenvalue weighted by Gasteiger charge is 2.34. The van der Waals surface area contributed by atoms with Crippen molar-refractivity contribution in [3.05, 3.63) is 29.8 Å². The van der Waals surface area contributed by atoms with Crippen LogP contribution in [0.4, 0.5) is 0 Å². The molecule has 23 heavy (non-hydrogen) atoms. The van der Waals surface area contributed by atoms with E-state index in [2.05, 4.69) is 5.32 Å². The van der Waals surface area contributed by atoms with E-state index in [1.165, 1.54) is 4.31 Å². The lowest BCUT2D eigenvalue weighted by atomic mass is 10.0. The number of amides is 1. The maximum atomic E-state index is 12.4. The van der Waals surface area contributed by atoms with Gasteiger partial charge in [-0.3, -0.25) is 4.79 Å². The summed E-state index contributed by atoms with van der Waals surface area (Å²) in [6.07, 6.45) is 4.08. The maximum absolute atomic E-state index is 12.4. The number of nitrogens with one attached hydrogen (secondary N) is 1. The number of piperidine rings is 1. The summed E-state index contributed by atoms with van der Waals surface area (Å²) < 4.78 is 30.8. The highest BCUT2D eigenvalue weighted by molar-refractivity contribution is 7.88. The second kappa shape index (κ2) is 6.49. The molecule has 1 saturated heterocycles. The first-order valence-electron chi connectivity index (χ1n) is 7.94. The minimum absolute atomic E-state index is 0.0911. The molecule has 126 valence electrons. The molecule has 1 aromatic carbocycles. The fourth-order valence-electron chi connectivity index (χ4n) is 3.26. The van der Waals surface area contributed by atoms with Gasteiger partial charge < -0.3 is 10.1 Å². The van der Waals surface area contributed by atoms with E-state index in [9.17, 15) is 13.2 Å². The SMILES string of the molecule is CS(=O)(=O)N1CCCC[C@@H]1C(=O)NC[C@@H]1Cc2ccccc2O1. The van der Waals surface area contributed by atoms with Crippen molar-refractivity contribution in [2.24, 2.45) is 0 Å². The molecule has 2 atom stereocenters. The summed E-state index contributed by atoms with van der Waals surface area (Å²) >= 11 is 0. The molecule has 1 amide bonds. The van der Waals surface area contributed by atoms with E-state index in [0.717, 1.165) is 36.8 Å². The zero-order valence-corrected chi connectivity index (χ0v) is 14.0. The van der Waals surface area contributed by atoms with Gasteiger partial charge in [0, 0.05) is 13.0 Å². The minimum atomic E-state index is -3.36. The molecule has 2 aliphatic heterocycles. The minimum Gasteiger partial charge on any atom is -0.488 e. The first-order chi connectivity index (χ1) is 10.9. The van der Waals surface area contributed by atoms with Crippen LogP contribution in [0, 0.1) is 0 Å². The van der Waals surface area contributed by atoms with Crippen molar-refractivity contribution in [2.75, 3.05) is 19.3 Å². The van der Waals surface area contributed by atoms with Gasteiger partial charge in [-0.2, -0.15) is 4.31 Å². The van der Waals surface area contributed by atoms with E-state index in [4.69, 9.17) is 4.74 Å². The van der Waals surface area contributed by atoms with Crippen molar-refractivity contribution in [3.63, 3.8) is 0 Å². The molecule has 0 unspecified atom stereocenters. The molecule has 2 heterocycles. The number of benzene rings is 1. The Hall–Kier alpha value is -1.60. The van der Waals surface area contributed by atoms with E-state index in [1.807, 2.05) is 24.3 Å². The van der Waals surface area contributed by atoms with E-state index in [-0.39, 0.29) is 12.0 Å². The number of hydrogen-bond donors (Lipinski definition) is 1. The van der Waals surface area contributed by atoms with Gasteiger partial charge in [-0.15, -0.1) is 0 Å². The van der Waals surface area contributed by atoms with Crippen molar-refractivity contribution in [2.45, 2.75) is 37.8 Å². The summed E-state index contributed by atoms with van der Waals surface area (Å²) in [5.74, 6) is 0.636. The molecule has 0 saturated carbocycles. The van der Waals surface area contributed by atoms with Gasteiger partial charge in [0.2, 0.25) is 15.9 Å². The van der Waals surface area contributed by atoms with Gasteiger partial charge in [-0.1, -0.05) is 24.6 Å². The number of sulfonamides is 1. The second-order valence-electron chi connectivity index (χ2n) is 6.18. The summed E-state index contributed by atoms with van der Waals surface area (Å²) in [7, 11) is -3.36. The Morgan fingerprint density at radius 3 is 2.87 bits per heavy atom. The van der Waals surface area contributed by atoms with Crippen molar-refractivity contribution in [3.8, 4) is 5.75 Å². The first kappa shape index (κ1) is 16.3. The van der Waals surface area contributed by atoms with Crippen LogP contribution in [-0.2, 0) is 21.2 Å². The molecule has 0 radical (unpaired) electrons. The summed E-state index contributed by atoms with van der Waals surface area (Å²) in [6.45, 7) is 0.809. The Kier molecular flexibility index (Phi) is 4.59. The third kappa shape index (κ3) is 3.67. The molecule has 0 aromatic heterocycles. The Labute approximate surface area is 136 Å². The van der Waals surface area contributed by atoms with Crippen LogP contribution in [0.25, 0.3) is 0 Å². The number of hydrogen-bond acceptors (Lipinski definition) is 4. The predicted octanol–water partition coefficient (Wildman–Crippen LogP) is 0.920. The molecule has 6 nitrogen and oxygen atoms in total. The quantitative estimate of drug-likeness (QED) is 0.886. The fraction of sp³-hybridized carbons (Fsp3) is 0.562. The summed E-state index contributed by atoms with van der Waals surface area (Å²) in [4.78, 5) is 12.4. The van der Waals surface area contributed by atoms with Crippen LogP contribution < -0.4 is 10.1 Å². The van der Waals surface area contributed by atoms with Crippen LogP contribution >= 0.6 is 0 Å². The molecular weight excluding hydrogens is 316 g/mol. The first-order valence-corrected chi connectivity index (χ1v) is 9.79. The predicted molar refractivity (Wildman–Crippen MR) is 86.8 cm³/mol. The standard InChI is InChI=1S/C16H22N2O4S/c1-23(20,21)18-9-5-4-7-14(18)16(19)17-11-13-10-12-6-2-3-8-15(12)22-13/h2-3,6,8,13-14H,4-5,7,9-11H2,1H3,(H,17,19)/t13-,14+/m0/s1. The second-order valence-corrected chi connectivity index (χ2v) is 8.12. The molecule has 3 rings (SSSR count). The number of fused-ring (bicyclic) bond motifs is 1. The molecule has 7 heteroatoms. The topological polar surface area (TPSA) is 75.7 Å². The van der Waals surface area contributed by atoms with Crippen molar-refractivity contribution < 1.29 is 17.9 Å². The Morgan fingerprint density at radius 1 is 1.35 bits per heavy atom. The van der Waals surface area contributed by atoms with Crippen molar-refractivity contribution >= 4 is 15.9 Å². The molecule has 1 N–H and O–H groups in total. The normalized spacial score (nSPS) is 24.7. The molecular formula is C16H22N2O4S. The fourth-order valence-corrected chi connectivity index (χ4v) is 4.39. The number of carbonyl (C=O) groups excluding carboxylic acids is 1. The Morgan fingerprint density at radius 2 is 2.13 bits per heavy atom. The largest absolute Gasteiger partial charge is 0.488 e. The molecule has 2 aliphatic rings. The lowest BCUT2D eigenvalue weighted by Crippen LogP contribution is -2.52.